The highest BCUT2D eigenvalue weighted by atomic mass is 19.1. The van der Waals surface area contributed by atoms with E-state index in [0.29, 0.717) is 21.7 Å². The second-order valence-corrected chi connectivity index (χ2v) is 12.1. The minimum absolute atomic E-state index is 0.0171. The molecule has 0 radical (unpaired) electrons. The van der Waals surface area contributed by atoms with Crippen molar-refractivity contribution >= 4 is 35.3 Å². The van der Waals surface area contributed by atoms with Gasteiger partial charge in [-0.25, -0.2) is 9.18 Å². The number of hydrogen-bond acceptors (Lipinski definition) is 7. The standard InChI is InChI=1S/C34H29FN4O6/c1-17-10-12-19(13-11-17)37-39-30(42)24-16-23-20(14-15-21-26(23)31(43)38(29(21)41)33(36)45)27(22-8-5-9-25(35)28(22)40)34(24,32(39)44)18-6-3-2-4-7-18/h2-14,21,23-24,26-27,37,40H,15-16H2,1H3,(H2,36,45). The number of para-hydroxylation sites is 1. The normalized spacial score (nSPS) is 28.8. The lowest BCUT2D eigenvalue weighted by Gasteiger charge is -2.50. The first kappa shape index (κ1) is 28.5. The zero-order chi connectivity index (χ0) is 31.8. The van der Waals surface area contributed by atoms with Gasteiger partial charge in [0.25, 0.3) is 11.8 Å². The van der Waals surface area contributed by atoms with Crippen LogP contribution in [0, 0.1) is 36.4 Å². The number of urea groups is 1. The van der Waals surface area contributed by atoms with E-state index >= 15 is 4.39 Å². The molecule has 4 aliphatic rings. The number of halogens is 1. The average molecular weight is 609 g/mol. The third-order valence-corrected chi connectivity index (χ3v) is 9.94. The van der Waals surface area contributed by atoms with Gasteiger partial charge < -0.3 is 10.8 Å². The number of carbonyl (C=O) groups is 5. The number of hydrazine groups is 1. The van der Waals surface area contributed by atoms with Gasteiger partial charge in [-0.15, -0.1) is 0 Å². The summed E-state index contributed by atoms with van der Waals surface area (Å²) in [5.41, 5.74) is 9.25. The maximum atomic E-state index is 15.1. The molecule has 2 aliphatic carbocycles. The van der Waals surface area contributed by atoms with Crippen LogP contribution in [0.4, 0.5) is 14.9 Å². The molecule has 45 heavy (non-hydrogen) atoms. The van der Waals surface area contributed by atoms with Crippen molar-refractivity contribution in [3.05, 3.63) is 107 Å². The summed E-state index contributed by atoms with van der Waals surface area (Å²) in [5, 5.41) is 12.1. The molecule has 2 aliphatic heterocycles. The summed E-state index contributed by atoms with van der Waals surface area (Å²) < 4.78 is 15.1. The summed E-state index contributed by atoms with van der Waals surface area (Å²) in [7, 11) is 0. The number of hydrogen-bond donors (Lipinski definition) is 3. The number of imide groups is 4. The molecule has 0 aromatic heterocycles. The fourth-order valence-electron chi connectivity index (χ4n) is 8.07. The summed E-state index contributed by atoms with van der Waals surface area (Å²) in [6, 6.07) is 18.6. The molecule has 3 aromatic carbocycles. The van der Waals surface area contributed by atoms with Crippen LogP contribution in [-0.4, -0.2) is 44.7 Å². The van der Waals surface area contributed by atoms with Crippen LogP contribution in [0.1, 0.15) is 35.4 Å². The molecule has 2 heterocycles. The average Bonchev–Trinajstić information content (AvgIpc) is 3.41. The van der Waals surface area contributed by atoms with Gasteiger partial charge in [-0.05, 0) is 49.4 Å². The highest BCUT2D eigenvalue weighted by molar-refractivity contribution is 6.17. The molecule has 4 N–H and O–H groups in total. The van der Waals surface area contributed by atoms with Crippen molar-refractivity contribution in [1.82, 2.24) is 9.91 Å². The second-order valence-electron chi connectivity index (χ2n) is 12.1. The molecule has 6 atom stereocenters. The van der Waals surface area contributed by atoms with Gasteiger partial charge in [0.1, 0.15) is 0 Å². The van der Waals surface area contributed by atoms with Gasteiger partial charge in [-0.3, -0.25) is 24.6 Å². The van der Waals surface area contributed by atoms with E-state index in [1.165, 1.54) is 12.1 Å². The number of nitrogens with two attached hydrogens (primary N) is 1. The van der Waals surface area contributed by atoms with Gasteiger partial charge in [-0.2, -0.15) is 9.91 Å². The summed E-state index contributed by atoms with van der Waals surface area (Å²) in [6.07, 6.45) is 1.78. The summed E-state index contributed by atoms with van der Waals surface area (Å²) in [5.74, 6) is -9.16. The molecule has 0 bridgehead atoms. The van der Waals surface area contributed by atoms with E-state index in [1.54, 1.807) is 48.5 Å². The number of nitrogens with zero attached hydrogens (tertiary/aromatic N) is 2. The summed E-state index contributed by atoms with van der Waals surface area (Å²) in [6.45, 7) is 1.90. The Hall–Kier alpha value is -5.32. The first-order valence-corrected chi connectivity index (χ1v) is 14.7. The van der Waals surface area contributed by atoms with E-state index in [2.05, 4.69) is 5.43 Å². The zero-order valence-corrected chi connectivity index (χ0v) is 24.1. The lowest BCUT2D eigenvalue weighted by Crippen LogP contribution is -2.53. The predicted octanol–water partition coefficient (Wildman–Crippen LogP) is 3.90. The molecule has 3 aromatic rings. The third kappa shape index (κ3) is 3.89. The SMILES string of the molecule is Cc1ccc(NN2C(=O)C3CC4C(=CCC5C(=O)N(C(N)=O)C(=O)C54)C(c4cccc(F)c4O)C3(c3ccccc3)C2=O)cc1. The number of likely N-dealkylation sites (tertiary alicyclic amines) is 1. The van der Waals surface area contributed by atoms with Crippen LogP contribution in [-0.2, 0) is 24.6 Å². The topological polar surface area (TPSA) is 150 Å². The Morgan fingerprint density at radius 1 is 0.933 bits per heavy atom. The van der Waals surface area contributed by atoms with Gasteiger partial charge in [0.15, 0.2) is 11.6 Å². The van der Waals surface area contributed by atoms with Gasteiger partial charge in [0.2, 0.25) is 11.8 Å². The van der Waals surface area contributed by atoms with Gasteiger partial charge >= 0.3 is 6.03 Å². The van der Waals surface area contributed by atoms with E-state index < -0.39 is 76.2 Å². The van der Waals surface area contributed by atoms with Crippen molar-refractivity contribution in [2.75, 3.05) is 5.43 Å². The van der Waals surface area contributed by atoms with Crippen molar-refractivity contribution in [3.63, 3.8) is 0 Å². The van der Waals surface area contributed by atoms with Crippen molar-refractivity contribution in [3.8, 4) is 5.75 Å². The number of allylic oxidation sites excluding steroid dienone is 2. The number of phenols is 1. The molecular formula is C34H29FN4O6. The summed E-state index contributed by atoms with van der Waals surface area (Å²) >= 11 is 0. The van der Waals surface area contributed by atoms with Gasteiger partial charge in [0, 0.05) is 11.5 Å². The van der Waals surface area contributed by atoms with Crippen LogP contribution in [0.25, 0.3) is 0 Å². The number of carbonyl (C=O) groups excluding carboxylic acids is 5. The van der Waals surface area contributed by atoms with Crippen molar-refractivity contribution in [2.24, 2.45) is 29.4 Å². The Labute approximate surface area is 257 Å². The van der Waals surface area contributed by atoms with E-state index in [9.17, 15) is 29.1 Å². The number of rotatable bonds is 4. The largest absolute Gasteiger partial charge is 0.505 e. The number of amides is 6. The van der Waals surface area contributed by atoms with Crippen molar-refractivity contribution in [1.29, 1.82) is 0 Å². The van der Waals surface area contributed by atoms with Crippen LogP contribution in [0.5, 0.6) is 5.75 Å². The smallest absolute Gasteiger partial charge is 0.328 e. The molecule has 10 nitrogen and oxygen atoms in total. The van der Waals surface area contributed by atoms with E-state index in [4.69, 9.17) is 5.73 Å². The number of anilines is 1. The monoisotopic (exact) mass is 608 g/mol. The van der Waals surface area contributed by atoms with Crippen LogP contribution in [0.3, 0.4) is 0 Å². The maximum absolute atomic E-state index is 15.1. The van der Waals surface area contributed by atoms with Crippen LogP contribution >= 0.6 is 0 Å². The number of fused-ring (bicyclic) bond motifs is 4. The Kier molecular flexibility index (Phi) is 6.40. The number of nitrogens with one attached hydrogen (secondary N) is 1. The highest BCUT2D eigenvalue weighted by Gasteiger charge is 2.70. The predicted molar refractivity (Wildman–Crippen MR) is 158 cm³/mol. The number of aromatic hydroxyl groups is 1. The van der Waals surface area contributed by atoms with Gasteiger partial charge in [0.05, 0.1) is 28.9 Å². The maximum Gasteiger partial charge on any atom is 0.328 e. The molecule has 2 saturated heterocycles. The lowest BCUT2D eigenvalue weighted by molar-refractivity contribution is -0.139. The Balaban J connectivity index is 1.47. The fourth-order valence-corrected chi connectivity index (χ4v) is 8.07. The Bertz CT molecular complexity index is 1830. The van der Waals surface area contributed by atoms with Gasteiger partial charge in [-0.1, -0.05) is 71.8 Å². The van der Waals surface area contributed by atoms with Crippen LogP contribution in [0.2, 0.25) is 0 Å². The molecule has 1 saturated carbocycles. The second kappa shape index (κ2) is 10.1. The van der Waals surface area contributed by atoms with E-state index in [1.807, 2.05) is 19.1 Å². The minimum atomic E-state index is -1.66. The molecule has 3 fully saturated rings. The van der Waals surface area contributed by atoms with Crippen LogP contribution < -0.4 is 11.2 Å². The molecule has 11 heteroatoms. The van der Waals surface area contributed by atoms with Crippen molar-refractivity contribution in [2.45, 2.75) is 31.1 Å². The molecule has 6 unspecified atom stereocenters. The minimum Gasteiger partial charge on any atom is -0.505 e. The Morgan fingerprint density at radius 2 is 1.64 bits per heavy atom. The molecular weight excluding hydrogens is 579 g/mol. The molecule has 228 valence electrons. The molecule has 7 rings (SSSR count). The lowest BCUT2D eigenvalue weighted by atomic mass is 9.49. The molecule has 0 spiro atoms. The fraction of sp³-hybridized carbons (Fsp3) is 0.265. The quantitative estimate of drug-likeness (QED) is 0.300. The first-order valence-electron chi connectivity index (χ1n) is 14.7. The third-order valence-electron chi connectivity index (χ3n) is 9.94. The molecule has 6 amide bonds. The van der Waals surface area contributed by atoms with E-state index in [-0.39, 0.29) is 18.4 Å². The first-order chi connectivity index (χ1) is 21.6. The number of primary amides is 1. The summed E-state index contributed by atoms with van der Waals surface area (Å²) in [4.78, 5) is 68.8. The number of phenolic OH excluding ortho intramolecular Hbond substituents is 1. The number of benzene rings is 3. The zero-order valence-electron chi connectivity index (χ0n) is 24.1. The highest BCUT2D eigenvalue weighted by Crippen LogP contribution is 2.64. The number of aryl methyl sites for hydroxylation is 1. The Morgan fingerprint density at radius 3 is 2.33 bits per heavy atom. The van der Waals surface area contributed by atoms with Crippen LogP contribution in [0.15, 0.2) is 84.4 Å². The van der Waals surface area contributed by atoms with E-state index in [0.717, 1.165) is 16.6 Å². The van der Waals surface area contributed by atoms with Crippen molar-refractivity contribution < 1.29 is 33.5 Å².